The van der Waals surface area contributed by atoms with Crippen molar-refractivity contribution < 1.29 is 18.9 Å². The third kappa shape index (κ3) is 3.71. The second-order valence-electron chi connectivity index (χ2n) is 7.18. The number of nitrogens with zero attached hydrogens (tertiary/aromatic N) is 2. The minimum Gasteiger partial charge on any atom is -0.360 e. The number of hydrogen-bond donors (Lipinski definition) is 1. The monoisotopic (exact) mass is 368 g/mol. The van der Waals surface area contributed by atoms with Gasteiger partial charge in [-0.1, -0.05) is 30.3 Å². The van der Waals surface area contributed by atoms with Crippen molar-refractivity contribution in [2.45, 2.75) is 19.0 Å². The van der Waals surface area contributed by atoms with Crippen LogP contribution in [0.1, 0.15) is 12.0 Å². The molecule has 0 bridgehead atoms. The van der Waals surface area contributed by atoms with E-state index in [9.17, 15) is 14.0 Å². The Labute approximate surface area is 158 Å². The number of piperazine rings is 1. The summed E-state index contributed by atoms with van der Waals surface area (Å²) in [5, 5.41) is 0. The Morgan fingerprint density at radius 3 is 2.30 bits per heavy atom. The molecule has 2 aliphatic heterocycles. The molecule has 140 valence electrons. The van der Waals surface area contributed by atoms with E-state index in [1.165, 1.54) is 21.9 Å². The van der Waals surface area contributed by atoms with E-state index in [1.54, 1.807) is 12.1 Å². The Morgan fingerprint density at radius 1 is 0.963 bits per heavy atom. The zero-order valence-electron chi connectivity index (χ0n) is 15.1. The Hall–Kier alpha value is -2.73. The van der Waals surface area contributed by atoms with Gasteiger partial charge in [0, 0.05) is 5.69 Å². The fourth-order valence-electron chi connectivity index (χ4n) is 3.99. The van der Waals surface area contributed by atoms with Crippen LogP contribution in [-0.2, 0) is 16.1 Å². The average molecular weight is 368 g/mol. The highest BCUT2D eigenvalue weighted by Crippen LogP contribution is 2.17. The molecule has 0 unspecified atom stereocenters. The van der Waals surface area contributed by atoms with E-state index in [4.69, 9.17) is 0 Å². The summed E-state index contributed by atoms with van der Waals surface area (Å²) in [4.78, 5) is 30.0. The summed E-state index contributed by atoms with van der Waals surface area (Å²) >= 11 is 0. The number of hydrogen-bond acceptors (Lipinski definition) is 3. The second-order valence-corrected chi connectivity index (χ2v) is 7.18. The number of nitrogens with one attached hydrogen (secondary N) is 1. The molecule has 6 heteroatoms. The van der Waals surface area contributed by atoms with Crippen molar-refractivity contribution in [2.24, 2.45) is 0 Å². The first kappa shape index (κ1) is 17.7. The van der Waals surface area contributed by atoms with Gasteiger partial charge in [0.2, 0.25) is 5.91 Å². The third-order valence-corrected chi connectivity index (χ3v) is 5.52. The fourth-order valence-corrected chi connectivity index (χ4v) is 3.99. The van der Waals surface area contributed by atoms with Crippen LogP contribution < -0.4 is 9.80 Å². The highest BCUT2D eigenvalue weighted by molar-refractivity contribution is 6.04. The largest absolute Gasteiger partial charge is 0.360 e. The number of carbonyl (C=O) groups excluding carboxylic acids is 2. The van der Waals surface area contributed by atoms with Crippen LogP contribution in [0, 0.1) is 5.82 Å². The van der Waals surface area contributed by atoms with Crippen molar-refractivity contribution in [1.82, 2.24) is 4.90 Å². The maximum atomic E-state index is 13.1. The quantitative estimate of drug-likeness (QED) is 0.815. The number of rotatable bonds is 4. The fraction of sp³-hybridized carbons (Fsp3) is 0.333. The molecule has 5 nitrogen and oxygen atoms in total. The lowest BCUT2D eigenvalue weighted by atomic mass is 10.1. The highest BCUT2D eigenvalue weighted by atomic mass is 19.1. The molecule has 0 saturated carbocycles. The molecule has 0 aliphatic carbocycles. The van der Waals surface area contributed by atoms with Gasteiger partial charge >= 0.3 is 0 Å². The molecular formula is C21H23FN3O2+. The number of imide groups is 1. The SMILES string of the molecule is O=C1C[C@H]([NH+]2CCN(c3ccc(F)cc3)CC2)C(=O)N1Cc1ccccc1. The predicted octanol–water partition coefficient (Wildman–Crippen LogP) is 0.858. The van der Waals surface area contributed by atoms with E-state index in [0.29, 0.717) is 6.54 Å². The predicted molar refractivity (Wildman–Crippen MR) is 99.7 cm³/mol. The average Bonchev–Trinajstić information content (AvgIpc) is 2.98. The molecule has 1 N–H and O–H groups in total. The number of likely N-dealkylation sites (tertiary alicyclic amines) is 1. The molecule has 2 heterocycles. The van der Waals surface area contributed by atoms with Crippen LogP contribution >= 0.6 is 0 Å². The van der Waals surface area contributed by atoms with Gasteiger partial charge in [0.05, 0.1) is 39.1 Å². The lowest BCUT2D eigenvalue weighted by molar-refractivity contribution is -0.915. The zero-order chi connectivity index (χ0) is 18.8. The lowest BCUT2D eigenvalue weighted by Crippen LogP contribution is -3.19. The minimum absolute atomic E-state index is 0.0610. The van der Waals surface area contributed by atoms with Gasteiger partial charge in [-0.25, -0.2) is 4.39 Å². The maximum Gasteiger partial charge on any atom is 0.288 e. The van der Waals surface area contributed by atoms with E-state index < -0.39 is 0 Å². The summed E-state index contributed by atoms with van der Waals surface area (Å²) in [6.07, 6.45) is 0.289. The summed E-state index contributed by atoms with van der Waals surface area (Å²) in [5.74, 6) is -0.381. The first-order valence-corrected chi connectivity index (χ1v) is 9.35. The number of quaternary nitrogens is 1. The van der Waals surface area contributed by atoms with Crippen molar-refractivity contribution in [3.05, 3.63) is 66.0 Å². The molecule has 0 aromatic heterocycles. The van der Waals surface area contributed by atoms with E-state index in [2.05, 4.69) is 4.90 Å². The molecule has 27 heavy (non-hydrogen) atoms. The number of benzene rings is 2. The Bertz CT molecular complexity index is 817. The third-order valence-electron chi connectivity index (χ3n) is 5.52. The Balaban J connectivity index is 1.38. The van der Waals surface area contributed by atoms with Gasteiger partial charge in [0.25, 0.3) is 5.91 Å². The smallest absolute Gasteiger partial charge is 0.288 e. The summed E-state index contributed by atoms with van der Waals surface area (Å²) in [6, 6.07) is 15.8. The molecule has 2 aromatic carbocycles. The van der Waals surface area contributed by atoms with Crippen LogP contribution in [-0.4, -0.2) is 48.9 Å². The van der Waals surface area contributed by atoms with Crippen molar-refractivity contribution >= 4 is 17.5 Å². The molecule has 2 saturated heterocycles. The van der Waals surface area contributed by atoms with Gasteiger partial charge in [0.15, 0.2) is 6.04 Å². The van der Waals surface area contributed by atoms with Crippen LogP contribution in [0.25, 0.3) is 0 Å². The van der Waals surface area contributed by atoms with Crippen LogP contribution in [0.4, 0.5) is 10.1 Å². The van der Waals surface area contributed by atoms with E-state index in [1.807, 2.05) is 30.3 Å². The Morgan fingerprint density at radius 2 is 1.63 bits per heavy atom. The van der Waals surface area contributed by atoms with Crippen molar-refractivity contribution in [3.63, 3.8) is 0 Å². The molecular weight excluding hydrogens is 345 g/mol. The maximum absolute atomic E-state index is 13.1. The normalized spacial score (nSPS) is 21.1. The first-order chi connectivity index (χ1) is 13.1. The van der Waals surface area contributed by atoms with Gasteiger partial charge in [-0.3, -0.25) is 14.5 Å². The van der Waals surface area contributed by atoms with Crippen LogP contribution in [0.5, 0.6) is 0 Å². The molecule has 0 radical (unpaired) electrons. The molecule has 2 amide bonds. The summed E-state index contributed by atoms with van der Waals surface area (Å²) in [7, 11) is 0. The number of halogens is 1. The molecule has 4 rings (SSSR count). The second kappa shape index (κ2) is 7.48. The number of amides is 2. The molecule has 1 atom stereocenters. The van der Waals surface area contributed by atoms with Gasteiger partial charge in [-0.2, -0.15) is 0 Å². The van der Waals surface area contributed by atoms with Crippen molar-refractivity contribution in [2.75, 3.05) is 31.1 Å². The van der Waals surface area contributed by atoms with Gasteiger partial charge in [0.1, 0.15) is 5.82 Å². The Kier molecular flexibility index (Phi) is 4.90. The van der Waals surface area contributed by atoms with E-state index in [-0.39, 0.29) is 30.1 Å². The van der Waals surface area contributed by atoms with E-state index in [0.717, 1.165) is 37.4 Å². The van der Waals surface area contributed by atoms with Crippen LogP contribution in [0.15, 0.2) is 54.6 Å². The standard InChI is InChI=1S/C21H22FN3O2/c22-17-6-8-18(9-7-17)23-10-12-24(13-11-23)19-14-20(26)25(21(19)27)15-16-4-2-1-3-5-16/h1-9,19H,10-15H2/p+1/t19-/m0/s1. The first-order valence-electron chi connectivity index (χ1n) is 9.35. The summed E-state index contributed by atoms with van der Waals surface area (Å²) < 4.78 is 13.1. The topological polar surface area (TPSA) is 45.1 Å². The molecule has 0 spiro atoms. The van der Waals surface area contributed by atoms with Crippen molar-refractivity contribution in [1.29, 1.82) is 0 Å². The lowest BCUT2D eigenvalue weighted by Gasteiger charge is -2.35. The number of carbonyl (C=O) groups is 2. The van der Waals surface area contributed by atoms with Gasteiger partial charge < -0.3 is 9.80 Å². The van der Waals surface area contributed by atoms with Crippen LogP contribution in [0.2, 0.25) is 0 Å². The van der Waals surface area contributed by atoms with E-state index >= 15 is 0 Å². The summed E-state index contributed by atoms with van der Waals surface area (Å²) in [6.45, 7) is 3.51. The molecule has 2 fully saturated rings. The molecule has 2 aliphatic rings. The molecule has 2 aromatic rings. The summed E-state index contributed by atoms with van der Waals surface area (Å²) in [5.41, 5.74) is 1.96. The van der Waals surface area contributed by atoms with Crippen molar-refractivity contribution in [3.8, 4) is 0 Å². The van der Waals surface area contributed by atoms with Crippen LogP contribution in [0.3, 0.4) is 0 Å². The minimum atomic E-state index is -0.281. The highest BCUT2D eigenvalue weighted by Gasteiger charge is 2.45. The van der Waals surface area contributed by atoms with Gasteiger partial charge in [-0.05, 0) is 29.8 Å². The zero-order valence-corrected chi connectivity index (χ0v) is 15.1. The number of anilines is 1. The van der Waals surface area contributed by atoms with Gasteiger partial charge in [-0.15, -0.1) is 0 Å².